The first-order chi connectivity index (χ1) is 14.4. The highest BCUT2D eigenvalue weighted by molar-refractivity contribution is 9.10. The zero-order valence-electron chi connectivity index (χ0n) is 15.9. The summed E-state index contributed by atoms with van der Waals surface area (Å²) in [6, 6.07) is 3.30. The normalized spacial score (nSPS) is 26.1. The Bertz CT molecular complexity index is 1120. The molecule has 0 bridgehead atoms. The highest BCUT2D eigenvalue weighted by atomic mass is 79.9. The molecule has 1 saturated carbocycles. The van der Waals surface area contributed by atoms with Gasteiger partial charge in [-0.2, -0.15) is 0 Å². The van der Waals surface area contributed by atoms with Crippen LogP contribution in [-0.2, 0) is 13.0 Å². The summed E-state index contributed by atoms with van der Waals surface area (Å²) in [5, 5.41) is 26.2. The number of hydrogen-bond donors (Lipinski definition) is 4. The molecule has 1 aliphatic carbocycles. The molecule has 3 aromatic rings. The Balaban J connectivity index is 1.47. The topological polar surface area (TPSA) is 118 Å². The molecule has 5 rings (SSSR count). The number of nitrogen functional groups attached to an aromatic ring is 1. The molecular weight excluding hydrogens is 474 g/mol. The maximum absolute atomic E-state index is 10.8. The van der Waals surface area contributed by atoms with Gasteiger partial charge in [0.1, 0.15) is 41.9 Å². The minimum atomic E-state index is -1.06. The zero-order chi connectivity index (χ0) is 21.0. The monoisotopic (exact) mass is 493 g/mol. The second kappa shape index (κ2) is 7.65. The number of halogens is 2. The van der Waals surface area contributed by atoms with Gasteiger partial charge in [-0.15, -0.1) is 0 Å². The van der Waals surface area contributed by atoms with Gasteiger partial charge < -0.3 is 30.6 Å². The molecule has 1 fully saturated rings. The third-order valence-electron chi connectivity index (χ3n) is 5.97. The van der Waals surface area contributed by atoms with Gasteiger partial charge in [0.05, 0.1) is 11.4 Å². The summed E-state index contributed by atoms with van der Waals surface area (Å²) in [5.74, 6) is 0.997. The van der Waals surface area contributed by atoms with E-state index in [0.29, 0.717) is 40.6 Å². The lowest BCUT2D eigenvalue weighted by atomic mass is 10.00. The fraction of sp³-hybridized carbons (Fsp3) is 0.400. The number of hydrogen-bond acceptors (Lipinski definition) is 7. The van der Waals surface area contributed by atoms with Gasteiger partial charge in [0.25, 0.3) is 0 Å². The molecule has 5 N–H and O–H groups in total. The van der Waals surface area contributed by atoms with Crippen LogP contribution in [0.15, 0.2) is 29.1 Å². The molecule has 0 saturated heterocycles. The number of fused-ring (bicyclic) bond motifs is 2. The second-order valence-corrected chi connectivity index (χ2v) is 9.04. The number of nitrogens with zero attached hydrogens (tertiary/aromatic N) is 3. The summed E-state index contributed by atoms with van der Waals surface area (Å²) >= 11 is 9.78. The van der Waals surface area contributed by atoms with Gasteiger partial charge in [0.2, 0.25) is 0 Å². The lowest BCUT2D eigenvalue weighted by Crippen LogP contribution is -2.34. The Morgan fingerprint density at radius 3 is 2.93 bits per heavy atom. The number of ether oxygens (including phenoxy) is 1. The summed E-state index contributed by atoms with van der Waals surface area (Å²) in [7, 11) is 0. The van der Waals surface area contributed by atoms with E-state index in [-0.39, 0.29) is 0 Å². The van der Waals surface area contributed by atoms with Crippen molar-refractivity contribution in [3.05, 3.63) is 45.3 Å². The first-order valence-electron chi connectivity index (χ1n) is 9.75. The Hall–Kier alpha value is -1.91. The molecule has 1 aromatic carbocycles. The summed E-state index contributed by atoms with van der Waals surface area (Å²) in [6.45, 7) is 1.57. The molecule has 8 nitrogen and oxygen atoms in total. The van der Waals surface area contributed by atoms with Crippen molar-refractivity contribution in [2.45, 2.75) is 43.7 Å². The van der Waals surface area contributed by atoms with Crippen LogP contribution in [-0.4, -0.2) is 49.6 Å². The van der Waals surface area contributed by atoms with E-state index < -0.39 is 24.4 Å². The van der Waals surface area contributed by atoms with E-state index in [0.717, 1.165) is 28.6 Å². The summed E-state index contributed by atoms with van der Waals surface area (Å²) in [5.41, 5.74) is 8.78. The van der Waals surface area contributed by atoms with Crippen LogP contribution in [0.4, 0.5) is 5.82 Å². The fourth-order valence-electron chi connectivity index (χ4n) is 4.47. The molecule has 10 heteroatoms. The number of nitrogens with one attached hydrogen (secondary N) is 1. The van der Waals surface area contributed by atoms with Crippen LogP contribution in [0.1, 0.15) is 23.6 Å². The third kappa shape index (κ3) is 3.25. The van der Waals surface area contributed by atoms with E-state index in [1.165, 1.54) is 6.33 Å². The average molecular weight is 495 g/mol. The predicted octanol–water partition coefficient (Wildman–Crippen LogP) is 2.19. The lowest BCUT2D eigenvalue weighted by Gasteiger charge is -2.24. The van der Waals surface area contributed by atoms with Crippen molar-refractivity contribution in [2.75, 3.05) is 12.3 Å². The zero-order valence-corrected chi connectivity index (χ0v) is 18.3. The molecular formula is C20H21BrClN5O3. The van der Waals surface area contributed by atoms with Gasteiger partial charge in [-0.3, -0.25) is 0 Å². The van der Waals surface area contributed by atoms with Crippen LogP contribution in [0.3, 0.4) is 0 Å². The summed E-state index contributed by atoms with van der Waals surface area (Å²) in [6.07, 6.45) is 1.79. The Kier molecular flexibility index (Phi) is 5.11. The molecule has 0 amide bonds. The molecule has 4 atom stereocenters. The van der Waals surface area contributed by atoms with Crippen molar-refractivity contribution in [3.8, 4) is 5.75 Å². The number of aromatic nitrogens is 3. The molecule has 0 radical (unpaired) electrons. The number of anilines is 1. The van der Waals surface area contributed by atoms with E-state index in [2.05, 4.69) is 31.2 Å². The van der Waals surface area contributed by atoms with E-state index in [1.54, 1.807) is 6.07 Å². The van der Waals surface area contributed by atoms with Crippen molar-refractivity contribution in [1.29, 1.82) is 0 Å². The standard InChI is InChI=1S/C20H21BrClN5O3/c21-12-7-27(20-16(12)19(23)25-8-26-20)13-5-15(18(29)17(13)28)30-14-4-10(22)3-9-1-2-24-6-11(9)14/h3-4,7-8,13,15,17-18,24,28-29H,1-2,5-6H2,(H2,23,25,26)/t13?,15?,17-,18+/m0/s1. The largest absolute Gasteiger partial charge is 0.487 e. The number of aliphatic hydroxyl groups excluding tert-OH is 2. The Morgan fingerprint density at radius 2 is 2.10 bits per heavy atom. The first kappa shape index (κ1) is 20.0. The highest BCUT2D eigenvalue weighted by Gasteiger charge is 2.45. The lowest BCUT2D eigenvalue weighted by molar-refractivity contribution is -0.0166. The Morgan fingerprint density at radius 1 is 1.27 bits per heavy atom. The van der Waals surface area contributed by atoms with Gasteiger partial charge in [-0.1, -0.05) is 11.6 Å². The molecule has 2 aliphatic rings. The quantitative estimate of drug-likeness (QED) is 0.441. The van der Waals surface area contributed by atoms with Gasteiger partial charge in [-0.05, 0) is 46.6 Å². The smallest absolute Gasteiger partial charge is 0.147 e. The number of aliphatic hydroxyl groups is 2. The van der Waals surface area contributed by atoms with E-state index in [9.17, 15) is 10.2 Å². The maximum Gasteiger partial charge on any atom is 0.147 e. The van der Waals surface area contributed by atoms with E-state index in [4.69, 9.17) is 22.1 Å². The van der Waals surface area contributed by atoms with E-state index in [1.807, 2.05) is 16.8 Å². The number of benzene rings is 1. The Labute approximate surface area is 186 Å². The minimum absolute atomic E-state index is 0.351. The highest BCUT2D eigenvalue weighted by Crippen LogP contribution is 2.40. The fourth-order valence-corrected chi connectivity index (χ4v) is 5.30. The van der Waals surface area contributed by atoms with Gasteiger partial charge in [0, 0.05) is 34.2 Å². The molecule has 2 unspecified atom stereocenters. The molecule has 30 heavy (non-hydrogen) atoms. The van der Waals surface area contributed by atoms with Gasteiger partial charge in [0.15, 0.2) is 0 Å². The average Bonchev–Trinajstić information content (AvgIpc) is 3.20. The summed E-state index contributed by atoms with van der Waals surface area (Å²) < 4.78 is 8.77. The molecule has 3 heterocycles. The number of rotatable bonds is 3. The first-order valence-corrected chi connectivity index (χ1v) is 10.9. The van der Waals surface area contributed by atoms with Crippen molar-refractivity contribution in [1.82, 2.24) is 19.9 Å². The van der Waals surface area contributed by atoms with Gasteiger partial charge in [-0.25, -0.2) is 9.97 Å². The van der Waals surface area contributed by atoms with Crippen LogP contribution in [0.5, 0.6) is 5.75 Å². The third-order valence-corrected chi connectivity index (χ3v) is 6.79. The SMILES string of the molecule is Nc1ncnc2c1c(Br)cn2C1CC(Oc2cc(Cl)cc3c2CNCC3)[C@@H](O)[C@H]1O. The van der Waals surface area contributed by atoms with Crippen molar-refractivity contribution in [2.24, 2.45) is 0 Å². The van der Waals surface area contributed by atoms with Gasteiger partial charge >= 0.3 is 0 Å². The van der Waals surface area contributed by atoms with Crippen LogP contribution in [0.25, 0.3) is 11.0 Å². The molecule has 2 aromatic heterocycles. The number of nitrogens with two attached hydrogens (primary N) is 1. The van der Waals surface area contributed by atoms with Crippen LogP contribution in [0.2, 0.25) is 5.02 Å². The van der Waals surface area contributed by atoms with Crippen molar-refractivity contribution < 1.29 is 14.9 Å². The molecule has 0 spiro atoms. The minimum Gasteiger partial charge on any atom is -0.487 e. The van der Waals surface area contributed by atoms with Crippen LogP contribution >= 0.6 is 27.5 Å². The maximum atomic E-state index is 10.8. The van der Waals surface area contributed by atoms with Crippen molar-refractivity contribution >= 4 is 44.4 Å². The van der Waals surface area contributed by atoms with Crippen LogP contribution < -0.4 is 15.8 Å². The molecule has 158 valence electrons. The second-order valence-electron chi connectivity index (χ2n) is 7.75. The van der Waals surface area contributed by atoms with Crippen molar-refractivity contribution in [3.63, 3.8) is 0 Å². The van der Waals surface area contributed by atoms with E-state index >= 15 is 0 Å². The summed E-state index contributed by atoms with van der Waals surface area (Å²) in [4.78, 5) is 8.36. The molecule has 1 aliphatic heterocycles. The predicted molar refractivity (Wildman–Crippen MR) is 117 cm³/mol. The van der Waals surface area contributed by atoms with Crippen LogP contribution in [0, 0.1) is 0 Å².